The van der Waals surface area contributed by atoms with E-state index in [9.17, 15) is 4.79 Å². The Labute approximate surface area is 105 Å². The van der Waals surface area contributed by atoms with E-state index in [1.165, 1.54) is 0 Å². The predicted octanol–water partition coefficient (Wildman–Crippen LogP) is 1.63. The van der Waals surface area contributed by atoms with Gasteiger partial charge in [-0.2, -0.15) is 5.26 Å². The van der Waals surface area contributed by atoms with Crippen molar-refractivity contribution in [2.24, 2.45) is 11.8 Å². The molecular formula is C13H25N3O. The number of nitriles is 1. The van der Waals surface area contributed by atoms with Gasteiger partial charge >= 0.3 is 0 Å². The van der Waals surface area contributed by atoms with Crippen LogP contribution >= 0.6 is 0 Å². The topological polar surface area (TPSA) is 56.1 Å². The lowest BCUT2D eigenvalue weighted by Gasteiger charge is -2.27. The van der Waals surface area contributed by atoms with Crippen molar-refractivity contribution >= 4 is 5.91 Å². The Morgan fingerprint density at radius 3 is 2.35 bits per heavy atom. The number of carbonyl (C=O) groups excluding carboxylic acids is 1. The first-order chi connectivity index (χ1) is 7.92. The Bertz CT molecular complexity index is 270. The number of nitrogens with zero attached hydrogens (tertiary/aromatic N) is 2. The van der Waals surface area contributed by atoms with E-state index in [4.69, 9.17) is 5.26 Å². The number of nitrogens with one attached hydrogen (secondary N) is 1. The van der Waals surface area contributed by atoms with Gasteiger partial charge in [-0.1, -0.05) is 20.8 Å². The molecule has 0 bridgehead atoms. The molecule has 4 heteroatoms. The summed E-state index contributed by atoms with van der Waals surface area (Å²) in [7, 11) is 0. The first-order valence-corrected chi connectivity index (χ1v) is 6.33. The Balaban J connectivity index is 4.28. The molecule has 0 saturated heterocycles. The zero-order valence-corrected chi connectivity index (χ0v) is 11.7. The average Bonchev–Trinajstić information content (AvgIpc) is 2.31. The number of rotatable bonds is 7. The van der Waals surface area contributed by atoms with Crippen LogP contribution in [0.5, 0.6) is 0 Å². The van der Waals surface area contributed by atoms with Crippen LogP contribution in [0.25, 0.3) is 0 Å². The van der Waals surface area contributed by atoms with Crippen molar-refractivity contribution in [3.8, 4) is 6.07 Å². The second-order valence-electron chi connectivity index (χ2n) is 4.93. The van der Waals surface area contributed by atoms with E-state index >= 15 is 0 Å². The van der Waals surface area contributed by atoms with Gasteiger partial charge in [-0.05, 0) is 26.3 Å². The predicted molar refractivity (Wildman–Crippen MR) is 69.3 cm³/mol. The number of hydrogen-bond donors (Lipinski definition) is 1. The lowest BCUT2D eigenvalue weighted by atomic mass is 10.1. The van der Waals surface area contributed by atoms with Crippen LogP contribution in [0.1, 0.15) is 34.6 Å². The van der Waals surface area contributed by atoms with Crippen molar-refractivity contribution in [2.45, 2.75) is 40.7 Å². The minimum Gasteiger partial charge on any atom is -0.354 e. The van der Waals surface area contributed by atoms with Gasteiger partial charge in [0.15, 0.2) is 0 Å². The van der Waals surface area contributed by atoms with E-state index in [0.29, 0.717) is 19.0 Å². The molecular weight excluding hydrogens is 214 g/mol. The van der Waals surface area contributed by atoms with Crippen LogP contribution in [0.15, 0.2) is 0 Å². The molecule has 0 radical (unpaired) electrons. The van der Waals surface area contributed by atoms with Crippen molar-refractivity contribution in [1.82, 2.24) is 10.2 Å². The normalized spacial score (nSPS) is 14.5. The average molecular weight is 239 g/mol. The summed E-state index contributed by atoms with van der Waals surface area (Å²) in [6.45, 7) is 12.0. The van der Waals surface area contributed by atoms with E-state index in [1.54, 1.807) is 0 Å². The van der Waals surface area contributed by atoms with Crippen LogP contribution in [0.2, 0.25) is 0 Å². The summed E-state index contributed by atoms with van der Waals surface area (Å²) in [5.74, 6) is 0.459. The third-order valence-electron chi connectivity index (χ3n) is 2.75. The van der Waals surface area contributed by atoms with Crippen molar-refractivity contribution in [1.29, 1.82) is 5.26 Å². The molecule has 17 heavy (non-hydrogen) atoms. The standard InChI is InChI=1S/C13H25N3O/c1-6-16(9-11(4)7-14)12(5)13(17)15-8-10(2)3/h10-12H,6,8-9H2,1-5H3,(H,15,17). The number of carbonyl (C=O) groups is 1. The molecule has 0 aromatic rings. The molecule has 0 aromatic heterocycles. The Kier molecular flexibility index (Phi) is 7.56. The highest BCUT2D eigenvalue weighted by Crippen LogP contribution is 2.04. The van der Waals surface area contributed by atoms with Gasteiger partial charge < -0.3 is 5.32 Å². The van der Waals surface area contributed by atoms with Gasteiger partial charge in [0, 0.05) is 13.1 Å². The smallest absolute Gasteiger partial charge is 0.237 e. The van der Waals surface area contributed by atoms with Crippen LogP contribution in [0, 0.1) is 23.2 Å². The van der Waals surface area contributed by atoms with Crippen LogP contribution < -0.4 is 5.32 Å². The van der Waals surface area contributed by atoms with Gasteiger partial charge in [-0.3, -0.25) is 9.69 Å². The molecule has 0 aliphatic carbocycles. The minimum absolute atomic E-state index is 0.0460. The quantitative estimate of drug-likeness (QED) is 0.734. The highest BCUT2D eigenvalue weighted by Gasteiger charge is 2.21. The van der Waals surface area contributed by atoms with Crippen molar-refractivity contribution in [3.05, 3.63) is 0 Å². The molecule has 0 fully saturated rings. The molecule has 0 spiro atoms. The molecule has 0 aliphatic rings. The highest BCUT2D eigenvalue weighted by molar-refractivity contribution is 5.81. The summed E-state index contributed by atoms with van der Waals surface area (Å²) >= 11 is 0. The summed E-state index contributed by atoms with van der Waals surface area (Å²) in [6, 6.07) is 2.03. The second-order valence-corrected chi connectivity index (χ2v) is 4.93. The fraction of sp³-hybridized carbons (Fsp3) is 0.846. The Morgan fingerprint density at radius 2 is 1.94 bits per heavy atom. The molecule has 0 heterocycles. The number of hydrogen-bond acceptors (Lipinski definition) is 3. The molecule has 0 aromatic carbocycles. The second kappa shape index (κ2) is 8.08. The summed E-state index contributed by atoms with van der Waals surface area (Å²) in [5, 5.41) is 11.7. The zero-order valence-electron chi connectivity index (χ0n) is 11.7. The van der Waals surface area contributed by atoms with E-state index in [0.717, 1.165) is 6.54 Å². The van der Waals surface area contributed by atoms with E-state index in [2.05, 4.69) is 25.2 Å². The third-order valence-corrected chi connectivity index (χ3v) is 2.75. The van der Waals surface area contributed by atoms with Gasteiger partial charge in [0.25, 0.3) is 0 Å². The van der Waals surface area contributed by atoms with Crippen molar-refractivity contribution in [3.63, 3.8) is 0 Å². The molecule has 0 rings (SSSR count). The highest BCUT2D eigenvalue weighted by atomic mass is 16.2. The van der Waals surface area contributed by atoms with Gasteiger partial charge in [0.1, 0.15) is 0 Å². The van der Waals surface area contributed by atoms with Crippen LogP contribution in [-0.2, 0) is 4.79 Å². The monoisotopic (exact) mass is 239 g/mol. The van der Waals surface area contributed by atoms with Crippen LogP contribution in [-0.4, -0.2) is 36.5 Å². The Hall–Kier alpha value is -1.08. The first-order valence-electron chi connectivity index (χ1n) is 6.33. The van der Waals surface area contributed by atoms with E-state index < -0.39 is 0 Å². The maximum absolute atomic E-state index is 11.9. The van der Waals surface area contributed by atoms with E-state index in [-0.39, 0.29) is 17.9 Å². The summed E-state index contributed by atoms with van der Waals surface area (Å²) in [6.07, 6.45) is 0. The van der Waals surface area contributed by atoms with Gasteiger partial charge in [-0.15, -0.1) is 0 Å². The zero-order chi connectivity index (χ0) is 13.4. The van der Waals surface area contributed by atoms with Gasteiger partial charge in [-0.25, -0.2) is 0 Å². The van der Waals surface area contributed by atoms with Crippen molar-refractivity contribution in [2.75, 3.05) is 19.6 Å². The fourth-order valence-corrected chi connectivity index (χ4v) is 1.57. The fourth-order valence-electron chi connectivity index (χ4n) is 1.57. The number of likely N-dealkylation sites (N-methyl/N-ethyl adjacent to an activating group) is 1. The van der Waals surface area contributed by atoms with Crippen LogP contribution in [0.3, 0.4) is 0 Å². The molecule has 1 amide bonds. The first kappa shape index (κ1) is 15.9. The lowest BCUT2D eigenvalue weighted by Crippen LogP contribution is -2.47. The van der Waals surface area contributed by atoms with Gasteiger partial charge in [0.05, 0.1) is 18.0 Å². The molecule has 98 valence electrons. The Morgan fingerprint density at radius 1 is 1.35 bits per heavy atom. The maximum Gasteiger partial charge on any atom is 0.237 e. The molecule has 2 unspecified atom stereocenters. The molecule has 0 aliphatic heterocycles. The SMILES string of the molecule is CCN(CC(C)C#N)C(C)C(=O)NCC(C)C. The largest absolute Gasteiger partial charge is 0.354 e. The molecule has 0 saturated carbocycles. The van der Waals surface area contributed by atoms with Crippen molar-refractivity contribution < 1.29 is 4.79 Å². The molecule has 1 N–H and O–H groups in total. The maximum atomic E-state index is 11.9. The minimum atomic E-state index is -0.172. The van der Waals surface area contributed by atoms with E-state index in [1.807, 2.05) is 25.7 Å². The summed E-state index contributed by atoms with van der Waals surface area (Å²) < 4.78 is 0. The van der Waals surface area contributed by atoms with Gasteiger partial charge in [0.2, 0.25) is 5.91 Å². The molecule has 4 nitrogen and oxygen atoms in total. The third kappa shape index (κ3) is 6.28. The van der Waals surface area contributed by atoms with Crippen LogP contribution in [0.4, 0.5) is 0 Å². The summed E-state index contributed by atoms with van der Waals surface area (Å²) in [5.41, 5.74) is 0. The number of amides is 1. The molecule has 2 atom stereocenters. The summed E-state index contributed by atoms with van der Waals surface area (Å²) in [4.78, 5) is 13.9. The lowest BCUT2D eigenvalue weighted by molar-refractivity contribution is -0.126.